The fourth-order valence-corrected chi connectivity index (χ4v) is 6.02. The summed E-state index contributed by atoms with van der Waals surface area (Å²) in [5.74, 6) is -3.02. The second-order valence-electron chi connectivity index (χ2n) is 9.79. The Morgan fingerprint density at radius 3 is 2.58 bits per heavy atom. The minimum Gasteiger partial charge on any atom is -0.507 e. The van der Waals surface area contributed by atoms with Crippen molar-refractivity contribution >= 4 is 32.6 Å². The first-order valence-electron chi connectivity index (χ1n) is 12.9. The molecule has 0 bridgehead atoms. The molecule has 11 nitrogen and oxygen atoms in total. The normalized spacial score (nSPS) is 15.3. The third-order valence-corrected chi connectivity index (χ3v) is 8.22. The molecule has 2 aromatic heterocycles. The van der Waals surface area contributed by atoms with E-state index in [0.717, 1.165) is 35.1 Å². The molecule has 220 valence electrons. The lowest BCUT2D eigenvalue weighted by Gasteiger charge is -2.39. The number of fused-ring (bicyclic) bond motifs is 1. The SMILES string of the molecule is [C-]#[N+]CC1CN(c2nc(=O)n(-c3ccccc3S(C)(=O)=O)c3nc(-c4c(O)cccc4F)c(F)cc23)CCN1C(=O)C=C. The van der Waals surface area contributed by atoms with Gasteiger partial charge in [0.15, 0.2) is 21.3 Å². The molecule has 0 radical (unpaired) electrons. The van der Waals surface area contributed by atoms with Crippen LogP contribution >= 0.6 is 0 Å². The molecule has 1 fully saturated rings. The zero-order valence-corrected chi connectivity index (χ0v) is 23.6. The Hall–Kier alpha value is -5.16. The fourth-order valence-electron chi connectivity index (χ4n) is 5.16. The van der Waals surface area contributed by atoms with Crippen LogP contribution in [0.15, 0.2) is 70.9 Å². The van der Waals surface area contributed by atoms with Gasteiger partial charge in [0.25, 0.3) is 0 Å². The van der Waals surface area contributed by atoms with Gasteiger partial charge in [-0.3, -0.25) is 4.79 Å². The molecule has 5 rings (SSSR count). The van der Waals surface area contributed by atoms with E-state index in [1.165, 1.54) is 35.2 Å². The highest BCUT2D eigenvalue weighted by Gasteiger charge is 2.34. The minimum atomic E-state index is -3.89. The number of halogens is 2. The molecular formula is C29H24F2N6O5S. The first kappa shape index (κ1) is 29.3. The highest BCUT2D eigenvalue weighted by Crippen LogP contribution is 2.36. The zero-order chi connectivity index (χ0) is 31.1. The van der Waals surface area contributed by atoms with E-state index < -0.39 is 50.2 Å². The van der Waals surface area contributed by atoms with Gasteiger partial charge in [-0.1, -0.05) is 24.8 Å². The van der Waals surface area contributed by atoms with Crippen molar-refractivity contribution in [2.45, 2.75) is 10.9 Å². The smallest absolute Gasteiger partial charge is 0.355 e. The molecule has 1 unspecified atom stereocenters. The van der Waals surface area contributed by atoms with E-state index >= 15 is 4.39 Å². The van der Waals surface area contributed by atoms with E-state index in [4.69, 9.17) is 6.57 Å². The van der Waals surface area contributed by atoms with E-state index in [9.17, 15) is 27.5 Å². The number of sulfone groups is 1. The average molecular weight is 607 g/mol. The molecule has 0 aliphatic carbocycles. The van der Waals surface area contributed by atoms with Crippen LogP contribution in [0.3, 0.4) is 0 Å². The molecule has 1 aliphatic heterocycles. The molecule has 1 aliphatic rings. The maximum atomic E-state index is 15.8. The predicted molar refractivity (Wildman–Crippen MR) is 155 cm³/mol. The number of nitrogens with zero attached hydrogens (tertiary/aromatic N) is 6. The number of piperazine rings is 1. The Bertz CT molecular complexity index is 1990. The number of pyridine rings is 1. The highest BCUT2D eigenvalue weighted by molar-refractivity contribution is 7.90. The number of carbonyl (C=O) groups excluding carboxylic acids is 1. The lowest BCUT2D eigenvalue weighted by molar-refractivity contribution is -0.128. The summed E-state index contributed by atoms with van der Waals surface area (Å²) in [6.07, 6.45) is 2.10. The van der Waals surface area contributed by atoms with Crippen LogP contribution in [0.2, 0.25) is 0 Å². The van der Waals surface area contributed by atoms with E-state index in [2.05, 4.69) is 21.4 Å². The number of anilines is 1. The molecule has 4 aromatic rings. The first-order chi connectivity index (χ1) is 20.5. The molecule has 1 atom stereocenters. The monoisotopic (exact) mass is 606 g/mol. The number of hydrogen-bond acceptors (Lipinski definition) is 8. The number of benzene rings is 2. The standard InChI is InChI=1S/C29H24F2N6O5S/c1-4-24(39)36-13-12-35(16-17(36)15-32-2)27-18-14-20(31)26(25-19(30)8-7-10-22(25)38)33-28(18)37(29(40)34-27)21-9-5-6-11-23(21)43(3,41)42/h4-11,14,17,38H,1,12-13,15-16H2,3H3. The van der Waals surface area contributed by atoms with E-state index in [0.29, 0.717) is 0 Å². The van der Waals surface area contributed by atoms with Gasteiger partial charge < -0.3 is 19.8 Å². The summed E-state index contributed by atoms with van der Waals surface area (Å²) < 4.78 is 56.8. The molecule has 14 heteroatoms. The van der Waals surface area contributed by atoms with Crippen molar-refractivity contribution < 1.29 is 27.1 Å². The van der Waals surface area contributed by atoms with Crippen molar-refractivity contribution in [3.63, 3.8) is 0 Å². The number of hydrogen-bond donors (Lipinski definition) is 1. The number of carbonyl (C=O) groups is 1. The Labute approximate surface area is 244 Å². The van der Waals surface area contributed by atoms with Crippen molar-refractivity contribution in [3.05, 3.63) is 94.7 Å². The number of aromatic hydroxyl groups is 1. The molecule has 3 heterocycles. The van der Waals surface area contributed by atoms with Gasteiger partial charge in [-0.25, -0.2) is 38.1 Å². The molecule has 2 aromatic carbocycles. The fraction of sp³-hybridized carbons (Fsp3) is 0.207. The molecule has 1 amide bonds. The summed E-state index contributed by atoms with van der Waals surface area (Å²) in [5.41, 5.74) is -2.50. The van der Waals surface area contributed by atoms with Crippen molar-refractivity contribution in [3.8, 4) is 22.7 Å². The van der Waals surface area contributed by atoms with Crippen LogP contribution in [-0.4, -0.2) is 77.3 Å². The number of rotatable bonds is 6. The predicted octanol–water partition coefficient (Wildman–Crippen LogP) is 2.96. The Balaban J connectivity index is 1.82. The summed E-state index contributed by atoms with van der Waals surface area (Å²) >= 11 is 0. The Morgan fingerprint density at radius 1 is 1.16 bits per heavy atom. The zero-order valence-electron chi connectivity index (χ0n) is 22.7. The van der Waals surface area contributed by atoms with Gasteiger partial charge in [0.1, 0.15) is 29.1 Å². The van der Waals surface area contributed by atoms with Crippen LogP contribution in [0.4, 0.5) is 14.6 Å². The number of amides is 1. The van der Waals surface area contributed by atoms with Gasteiger partial charge in [0.2, 0.25) is 12.5 Å². The second kappa shape index (κ2) is 11.3. The first-order valence-corrected chi connectivity index (χ1v) is 14.8. The minimum absolute atomic E-state index is 0.0231. The van der Waals surface area contributed by atoms with Gasteiger partial charge >= 0.3 is 5.69 Å². The van der Waals surface area contributed by atoms with Gasteiger partial charge in [0, 0.05) is 25.9 Å². The van der Waals surface area contributed by atoms with Gasteiger partial charge in [-0.2, -0.15) is 4.98 Å². The second-order valence-corrected chi connectivity index (χ2v) is 11.8. The topological polar surface area (TPSA) is 130 Å². The molecule has 0 saturated carbocycles. The van der Waals surface area contributed by atoms with E-state index in [-0.39, 0.29) is 59.5 Å². The lowest BCUT2D eigenvalue weighted by atomic mass is 10.1. The van der Waals surface area contributed by atoms with E-state index in [1.807, 2.05) is 0 Å². The van der Waals surface area contributed by atoms with Crippen LogP contribution < -0.4 is 10.6 Å². The van der Waals surface area contributed by atoms with Crippen LogP contribution in [0.5, 0.6) is 5.75 Å². The third kappa shape index (κ3) is 5.30. The number of aromatic nitrogens is 3. The summed E-state index contributed by atoms with van der Waals surface area (Å²) in [6.45, 7) is 11.1. The molecule has 1 N–H and O–H groups in total. The van der Waals surface area contributed by atoms with Gasteiger partial charge in [0.05, 0.1) is 21.5 Å². The Morgan fingerprint density at radius 2 is 1.91 bits per heavy atom. The van der Waals surface area contributed by atoms with E-state index in [1.54, 1.807) is 4.90 Å². The summed E-state index contributed by atoms with van der Waals surface area (Å²) in [7, 11) is -3.89. The van der Waals surface area contributed by atoms with Crippen LogP contribution in [0, 0.1) is 18.2 Å². The van der Waals surface area contributed by atoms with Crippen LogP contribution in [-0.2, 0) is 14.6 Å². The van der Waals surface area contributed by atoms with Crippen molar-refractivity contribution in [2.75, 3.05) is 37.3 Å². The van der Waals surface area contributed by atoms with Crippen LogP contribution in [0.1, 0.15) is 0 Å². The maximum Gasteiger partial charge on any atom is 0.355 e. The third-order valence-electron chi connectivity index (χ3n) is 7.08. The summed E-state index contributed by atoms with van der Waals surface area (Å²) in [4.78, 5) is 40.9. The Kier molecular flexibility index (Phi) is 7.68. The lowest BCUT2D eigenvalue weighted by Crippen LogP contribution is -2.56. The maximum absolute atomic E-state index is 15.8. The summed E-state index contributed by atoms with van der Waals surface area (Å²) in [6, 6.07) is 9.36. The molecular weight excluding hydrogens is 582 g/mol. The molecule has 0 spiro atoms. The van der Waals surface area contributed by atoms with Gasteiger partial charge in [-0.05, 0) is 36.4 Å². The van der Waals surface area contributed by atoms with Crippen LogP contribution in [0.25, 0.3) is 32.8 Å². The van der Waals surface area contributed by atoms with Gasteiger partial charge in [-0.15, -0.1) is 0 Å². The summed E-state index contributed by atoms with van der Waals surface area (Å²) in [5, 5.41) is 10.4. The average Bonchev–Trinajstić information content (AvgIpc) is 2.96. The number of phenolic OH excluding ortho intramolecular Hbond substituents is 1. The van der Waals surface area contributed by atoms with Crippen molar-refractivity contribution in [1.29, 1.82) is 0 Å². The molecule has 1 saturated heterocycles. The van der Waals surface area contributed by atoms with Crippen molar-refractivity contribution in [2.24, 2.45) is 0 Å². The molecule has 43 heavy (non-hydrogen) atoms. The number of phenols is 1. The highest BCUT2D eigenvalue weighted by atomic mass is 32.2. The number of para-hydroxylation sites is 1. The van der Waals surface area contributed by atoms with Crippen molar-refractivity contribution in [1.82, 2.24) is 19.4 Å². The quantitative estimate of drug-likeness (QED) is 0.262. The largest absolute Gasteiger partial charge is 0.507 e.